The molecule has 2 N–H and O–H groups in total. The molecule has 42 heavy (non-hydrogen) atoms. The van der Waals surface area contributed by atoms with Crippen LogP contribution in [0.5, 0.6) is 11.5 Å². The molecule has 2 heterocycles. The van der Waals surface area contributed by atoms with Crippen molar-refractivity contribution >= 4 is 23.0 Å². The summed E-state index contributed by atoms with van der Waals surface area (Å²) in [6, 6.07) is 33.7. The summed E-state index contributed by atoms with van der Waals surface area (Å²) >= 11 is 0. The molecule has 0 bridgehead atoms. The second-order valence-corrected chi connectivity index (χ2v) is 9.63. The van der Waals surface area contributed by atoms with E-state index in [0.717, 1.165) is 28.1 Å². The van der Waals surface area contributed by atoms with Gasteiger partial charge in [0.05, 0.1) is 36.6 Å². The molecule has 0 fully saturated rings. The maximum Gasteiger partial charge on any atom is 0.272 e. The standard InChI is InChI=1S/C34H27N5O3/c1-42-26-17-15-24(16-18-26)33-25(22-39(38-33)21-23-9-3-2-4-10-23)20-35-37-34(41)29-19-31(28-12-6-8-14-32(28)40)36-30-13-7-5-11-27(29)30/h2-20,22,40H,21H2,1H3,(H,37,41). The minimum absolute atomic E-state index is 0.0863. The number of benzene rings is 4. The number of fused-ring (bicyclic) bond motifs is 1. The van der Waals surface area contributed by atoms with Crippen molar-refractivity contribution in [1.29, 1.82) is 0 Å². The van der Waals surface area contributed by atoms with Crippen molar-refractivity contribution < 1.29 is 14.6 Å². The van der Waals surface area contributed by atoms with Crippen LogP contribution in [0.1, 0.15) is 21.5 Å². The van der Waals surface area contributed by atoms with Crippen LogP contribution >= 0.6 is 0 Å². The zero-order chi connectivity index (χ0) is 28.9. The third kappa shape index (κ3) is 5.59. The maximum absolute atomic E-state index is 13.4. The number of pyridine rings is 1. The first-order valence-electron chi connectivity index (χ1n) is 13.4. The molecule has 0 unspecified atom stereocenters. The molecule has 0 saturated carbocycles. The normalized spacial score (nSPS) is 11.2. The van der Waals surface area contributed by atoms with Crippen LogP contribution < -0.4 is 10.2 Å². The summed E-state index contributed by atoms with van der Waals surface area (Å²) in [6.07, 6.45) is 3.50. The number of hydrogen-bond acceptors (Lipinski definition) is 6. The van der Waals surface area contributed by atoms with Crippen molar-refractivity contribution in [2.24, 2.45) is 5.10 Å². The molecule has 6 aromatic rings. The Morgan fingerprint density at radius 2 is 1.69 bits per heavy atom. The highest BCUT2D eigenvalue weighted by Gasteiger charge is 2.16. The van der Waals surface area contributed by atoms with Gasteiger partial charge >= 0.3 is 0 Å². The number of hydrazone groups is 1. The first-order valence-corrected chi connectivity index (χ1v) is 13.4. The van der Waals surface area contributed by atoms with Crippen molar-refractivity contribution in [1.82, 2.24) is 20.2 Å². The fourth-order valence-electron chi connectivity index (χ4n) is 4.77. The van der Waals surface area contributed by atoms with Gasteiger partial charge in [0.1, 0.15) is 17.2 Å². The highest BCUT2D eigenvalue weighted by Crippen LogP contribution is 2.30. The van der Waals surface area contributed by atoms with E-state index in [0.29, 0.717) is 34.3 Å². The lowest BCUT2D eigenvalue weighted by atomic mass is 10.0. The lowest BCUT2D eigenvalue weighted by molar-refractivity contribution is 0.0956. The molecule has 0 aliphatic carbocycles. The van der Waals surface area contributed by atoms with E-state index < -0.39 is 5.91 Å². The molecule has 0 spiro atoms. The van der Waals surface area contributed by atoms with E-state index in [4.69, 9.17) is 9.84 Å². The molecule has 4 aromatic carbocycles. The van der Waals surface area contributed by atoms with Gasteiger partial charge in [-0.05, 0) is 54.1 Å². The van der Waals surface area contributed by atoms with E-state index in [-0.39, 0.29) is 5.75 Å². The second-order valence-electron chi connectivity index (χ2n) is 9.63. The molecule has 206 valence electrons. The van der Waals surface area contributed by atoms with E-state index >= 15 is 0 Å². The monoisotopic (exact) mass is 553 g/mol. The molecule has 6 rings (SSSR count). The fraction of sp³-hybridized carbons (Fsp3) is 0.0588. The van der Waals surface area contributed by atoms with Crippen molar-refractivity contribution in [3.05, 3.63) is 132 Å². The first-order chi connectivity index (χ1) is 20.6. The Morgan fingerprint density at radius 3 is 2.48 bits per heavy atom. The molecule has 1 amide bonds. The highest BCUT2D eigenvalue weighted by atomic mass is 16.5. The largest absolute Gasteiger partial charge is 0.507 e. The Labute approximate surface area is 242 Å². The number of aromatic nitrogens is 3. The van der Waals surface area contributed by atoms with Gasteiger partial charge in [-0.1, -0.05) is 60.7 Å². The Bertz CT molecular complexity index is 1900. The number of para-hydroxylation sites is 2. The van der Waals surface area contributed by atoms with E-state index in [1.807, 2.05) is 95.8 Å². The zero-order valence-electron chi connectivity index (χ0n) is 22.8. The SMILES string of the molecule is COc1ccc(-c2nn(Cc3ccccc3)cc2C=NNC(=O)c2cc(-c3ccccc3O)nc3ccccc23)cc1. The number of phenols is 1. The average Bonchev–Trinajstić information content (AvgIpc) is 3.43. The van der Waals surface area contributed by atoms with Crippen LogP contribution in [0.25, 0.3) is 33.4 Å². The van der Waals surface area contributed by atoms with Gasteiger partial charge in [-0.3, -0.25) is 9.48 Å². The number of rotatable bonds is 8. The summed E-state index contributed by atoms with van der Waals surface area (Å²) in [5.74, 6) is 0.435. The molecule has 8 heteroatoms. The average molecular weight is 554 g/mol. The number of methoxy groups -OCH3 is 1. The van der Waals surface area contributed by atoms with Crippen molar-refractivity contribution in [2.45, 2.75) is 6.54 Å². The Balaban J connectivity index is 1.31. The quantitative estimate of drug-likeness (QED) is 0.170. The number of carbonyl (C=O) groups excluding carboxylic acids is 1. The van der Waals surface area contributed by atoms with Gasteiger partial charge in [0.25, 0.3) is 5.91 Å². The van der Waals surface area contributed by atoms with Gasteiger partial charge in [-0.25, -0.2) is 10.4 Å². The van der Waals surface area contributed by atoms with Crippen LogP contribution in [0, 0.1) is 0 Å². The topological polar surface area (TPSA) is 102 Å². The Morgan fingerprint density at radius 1 is 0.952 bits per heavy atom. The van der Waals surface area contributed by atoms with Gasteiger partial charge in [-0.15, -0.1) is 0 Å². The van der Waals surface area contributed by atoms with E-state index in [2.05, 4.69) is 15.5 Å². The number of phenolic OH excluding ortho intramolecular Hbond substituents is 1. The molecule has 0 radical (unpaired) electrons. The zero-order valence-corrected chi connectivity index (χ0v) is 22.8. The molecule has 0 saturated heterocycles. The number of aromatic hydroxyl groups is 1. The summed E-state index contributed by atoms with van der Waals surface area (Å²) in [4.78, 5) is 18.1. The Kier molecular flexibility index (Phi) is 7.42. The predicted octanol–water partition coefficient (Wildman–Crippen LogP) is 6.29. The third-order valence-corrected chi connectivity index (χ3v) is 6.85. The van der Waals surface area contributed by atoms with E-state index in [1.165, 1.54) is 0 Å². The van der Waals surface area contributed by atoms with Crippen LogP contribution in [0.15, 0.2) is 120 Å². The van der Waals surface area contributed by atoms with Gasteiger partial charge in [0, 0.05) is 28.3 Å². The molecule has 8 nitrogen and oxygen atoms in total. The predicted molar refractivity (Wildman–Crippen MR) is 164 cm³/mol. The minimum Gasteiger partial charge on any atom is -0.507 e. The number of nitrogens with zero attached hydrogens (tertiary/aromatic N) is 4. The number of hydrogen-bond donors (Lipinski definition) is 2. The summed E-state index contributed by atoms with van der Waals surface area (Å²) in [5.41, 5.74) is 8.20. The third-order valence-electron chi connectivity index (χ3n) is 6.85. The maximum atomic E-state index is 13.4. The lowest BCUT2D eigenvalue weighted by Crippen LogP contribution is -2.18. The van der Waals surface area contributed by atoms with Gasteiger partial charge in [0.15, 0.2) is 0 Å². The van der Waals surface area contributed by atoms with Crippen LogP contribution in [0.4, 0.5) is 0 Å². The van der Waals surface area contributed by atoms with Crippen molar-refractivity contribution in [2.75, 3.05) is 7.11 Å². The van der Waals surface area contributed by atoms with Gasteiger partial charge < -0.3 is 9.84 Å². The first kappa shape index (κ1) is 26.5. The summed E-state index contributed by atoms with van der Waals surface area (Å²) in [6.45, 7) is 0.586. The minimum atomic E-state index is -0.399. The van der Waals surface area contributed by atoms with Crippen LogP contribution in [-0.2, 0) is 6.54 Å². The van der Waals surface area contributed by atoms with Crippen LogP contribution in [-0.4, -0.2) is 39.1 Å². The van der Waals surface area contributed by atoms with E-state index in [9.17, 15) is 9.90 Å². The fourth-order valence-corrected chi connectivity index (χ4v) is 4.77. The van der Waals surface area contributed by atoms with Gasteiger partial charge in [-0.2, -0.15) is 10.2 Å². The van der Waals surface area contributed by atoms with Crippen molar-refractivity contribution in [3.8, 4) is 34.0 Å². The summed E-state index contributed by atoms with van der Waals surface area (Å²) in [7, 11) is 1.63. The Hall–Kier alpha value is -5.76. The number of nitrogens with one attached hydrogen (secondary N) is 1. The number of ether oxygens (including phenoxy) is 1. The number of amides is 1. The molecule has 2 aromatic heterocycles. The summed E-state index contributed by atoms with van der Waals surface area (Å²) < 4.78 is 7.16. The second kappa shape index (κ2) is 11.8. The van der Waals surface area contributed by atoms with Gasteiger partial charge in [0.2, 0.25) is 0 Å². The highest BCUT2D eigenvalue weighted by molar-refractivity contribution is 6.07. The smallest absolute Gasteiger partial charge is 0.272 e. The van der Waals surface area contributed by atoms with Crippen LogP contribution in [0.3, 0.4) is 0 Å². The molecular formula is C34H27N5O3. The summed E-state index contributed by atoms with van der Waals surface area (Å²) in [5, 5.41) is 20.2. The van der Waals surface area contributed by atoms with Crippen LogP contribution in [0.2, 0.25) is 0 Å². The molecule has 0 atom stereocenters. The molecule has 0 aliphatic rings. The lowest BCUT2D eigenvalue weighted by Gasteiger charge is -2.10. The molecule has 0 aliphatic heterocycles. The number of carbonyl (C=O) groups is 1. The van der Waals surface area contributed by atoms with E-state index in [1.54, 1.807) is 37.6 Å². The van der Waals surface area contributed by atoms with Crippen molar-refractivity contribution in [3.63, 3.8) is 0 Å². The molecular weight excluding hydrogens is 526 g/mol.